The van der Waals surface area contributed by atoms with E-state index in [4.69, 9.17) is 4.74 Å². The van der Waals surface area contributed by atoms with Crippen LogP contribution in [-0.4, -0.2) is 4.43 Å². The van der Waals surface area contributed by atoms with Gasteiger partial charge in [0.15, 0.2) is 0 Å². The van der Waals surface area contributed by atoms with E-state index in [2.05, 4.69) is 71.1 Å². The van der Waals surface area contributed by atoms with E-state index in [0.717, 1.165) is 18.6 Å². The maximum atomic E-state index is 5.79. The van der Waals surface area contributed by atoms with Gasteiger partial charge in [0.2, 0.25) is 0 Å². The van der Waals surface area contributed by atoms with Gasteiger partial charge in [-0.05, 0) is 42.5 Å². The van der Waals surface area contributed by atoms with Gasteiger partial charge >= 0.3 is 0 Å². The van der Waals surface area contributed by atoms with Crippen LogP contribution in [0.25, 0.3) is 0 Å². The SMILES string of the molecule is ICC/C=C/CCc1ccc(OCc2ccccc2)cc1. The number of hydrogen-bond donors (Lipinski definition) is 0. The van der Waals surface area contributed by atoms with Crippen molar-refractivity contribution in [2.24, 2.45) is 0 Å². The predicted molar refractivity (Wildman–Crippen MR) is 98.2 cm³/mol. The smallest absolute Gasteiger partial charge is 0.119 e. The standard InChI is InChI=1S/C19H21IO/c20-15-7-2-1-4-8-17-11-13-19(14-12-17)21-16-18-9-5-3-6-10-18/h1-3,5-6,9-14H,4,7-8,15-16H2/b2-1+. The summed E-state index contributed by atoms with van der Waals surface area (Å²) in [4.78, 5) is 0. The molecule has 0 saturated heterocycles. The number of ether oxygens (including phenoxy) is 1. The number of hydrogen-bond acceptors (Lipinski definition) is 1. The Hall–Kier alpha value is -1.29. The molecule has 2 aromatic rings. The van der Waals surface area contributed by atoms with Gasteiger partial charge in [-0.3, -0.25) is 0 Å². The number of benzene rings is 2. The lowest BCUT2D eigenvalue weighted by atomic mass is 10.1. The molecule has 2 aromatic carbocycles. The number of allylic oxidation sites excluding steroid dienone is 2. The minimum atomic E-state index is 0.624. The van der Waals surface area contributed by atoms with E-state index in [-0.39, 0.29) is 0 Å². The topological polar surface area (TPSA) is 9.23 Å². The van der Waals surface area contributed by atoms with Gasteiger partial charge in [-0.2, -0.15) is 0 Å². The van der Waals surface area contributed by atoms with Crippen molar-refractivity contribution in [3.63, 3.8) is 0 Å². The summed E-state index contributed by atoms with van der Waals surface area (Å²) in [5.41, 5.74) is 2.56. The van der Waals surface area contributed by atoms with Crippen molar-refractivity contribution in [1.82, 2.24) is 0 Å². The minimum absolute atomic E-state index is 0.624. The Bertz CT molecular complexity index is 531. The van der Waals surface area contributed by atoms with Crippen molar-refractivity contribution >= 4 is 22.6 Å². The first-order valence-corrected chi connectivity index (χ1v) is 8.87. The molecule has 0 aromatic heterocycles. The summed E-state index contributed by atoms with van der Waals surface area (Å²) in [7, 11) is 0. The summed E-state index contributed by atoms with van der Waals surface area (Å²) in [5.74, 6) is 0.933. The third-order valence-corrected chi connectivity index (χ3v) is 3.84. The fourth-order valence-electron chi connectivity index (χ4n) is 2.04. The molecular weight excluding hydrogens is 371 g/mol. The van der Waals surface area contributed by atoms with Crippen LogP contribution in [0.1, 0.15) is 24.0 Å². The molecule has 21 heavy (non-hydrogen) atoms. The molecule has 1 nitrogen and oxygen atoms in total. The molecule has 0 aliphatic heterocycles. The van der Waals surface area contributed by atoms with Crippen LogP contribution >= 0.6 is 22.6 Å². The zero-order chi connectivity index (χ0) is 14.8. The van der Waals surface area contributed by atoms with E-state index in [1.54, 1.807) is 0 Å². The Morgan fingerprint density at radius 2 is 1.52 bits per heavy atom. The summed E-state index contributed by atoms with van der Waals surface area (Å²) in [6.45, 7) is 0.624. The van der Waals surface area contributed by atoms with Gasteiger partial charge in [-0.15, -0.1) is 0 Å². The molecule has 2 rings (SSSR count). The van der Waals surface area contributed by atoms with Gasteiger partial charge < -0.3 is 4.74 Å². The molecule has 2 heteroatoms. The van der Waals surface area contributed by atoms with Crippen LogP contribution in [0, 0.1) is 0 Å². The van der Waals surface area contributed by atoms with Crippen LogP contribution in [0.5, 0.6) is 5.75 Å². The van der Waals surface area contributed by atoms with Crippen molar-refractivity contribution in [1.29, 1.82) is 0 Å². The van der Waals surface area contributed by atoms with Gasteiger partial charge in [0.1, 0.15) is 12.4 Å². The first-order valence-electron chi connectivity index (χ1n) is 7.35. The molecule has 0 fully saturated rings. The molecule has 0 radical (unpaired) electrons. The maximum absolute atomic E-state index is 5.79. The van der Waals surface area contributed by atoms with E-state index in [1.807, 2.05) is 18.2 Å². The van der Waals surface area contributed by atoms with E-state index in [1.165, 1.54) is 22.0 Å². The summed E-state index contributed by atoms with van der Waals surface area (Å²) >= 11 is 2.40. The molecular formula is C19H21IO. The third kappa shape index (κ3) is 6.34. The summed E-state index contributed by atoms with van der Waals surface area (Å²) in [6.07, 6.45) is 7.92. The Balaban J connectivity index is 1.76. The van der Waals surface area contributed by atoms with Gasteiger partial charge in [0.05, 0.1) is 0 Å². The second-order valence-corrected chi connectivity index (χ2v) is 5.98. The van der Waals surface area contributed by atoms with Crippen molar-refractivity contribution in [2.45, 2.75) is 25.9 Å². The molecule has 0 atom stereocenters. The molecule has 0 saturated carbocycles. The maximum Gasteiger partial charge on any atom is 0.119 e. The average molecular weight is 392 g/mol. The second kappa shape index (κ2) is 9.61. The number of alkyl halides is 1. The van der Waals surface area contributed by atoms with Crippen LogP contribution in [0.15, 0.2) is 66.7 Å². The molecule has 0 bridgehead atoms. The Morgan fingerprint density at radius 1 is 0.810 bits per heavy atom. The van der Waals surface area contributed by atoms with Gasteiger partial charge in [-0.25, -0.2) is 0 Å². The van der Waals surface area contributed by atoms with Crippen LogP contribution in [0.2, 0.25) is 0 Å². The molecule has 0 amide bonds. The highest BCUT2D eigenvalue weighted by Crippen LogP contribution is 2.15. The Labute approximate surface area is 141 Å². The highest BCUT2D eigenvalue weighted by atomic mass is 127. The lowest BCUT2D eigenvalue weighted by molar-refractivity contribution is 0.306. The van der Waals surface area contributed by atoms with Gasteiger partial charge in [-0.1, -0.05) is 77.2 Å². The molecule has 110 valence electrons. The van der Waals surface area contributed by atoms with Crippen molar-refractivity contribution in [3.05, 3.63) is 77.9 Å². The summed E-state index contributed by atoms with van der Waals surface area (Å²) < 4.78 is 6.99. The van der Waals surface area contributed by atoms with Crippen LogP contribution in [-0.2, 0) is 13.0 Å². The molecule has 0 aliphatic carbocycles. The highest BCUT2D eigenvalue weighted by Gasteiger charge is 1.96. The highest BCUT2D eigenvalue weighted by molar-refractivity contribution is 14.1. The fourth-order valence-corrected chi connectivity index (χ4v) is 2.40. The van der Waals surface area contributed by atoms with Gasteiger partial charge in [0, 0.05) is 4.43 Å². The predicted octanol–water partition coefficient (Wildman–Crippen LogP) is 5.58. The largest absolute Gasteiger partial charge is 0.489 e. The normalized spacial score (nSPS) is 10.9. The van der Waals surface area contributed by atoms with E-state index >= 15 is 0 Å². The van der Waals surface area contributed by atoms with Crippen LogP contribution in [0.4, 0.5) is 0 Å². The van der Waals surface area contributed by atoms with E-state index in [9.17, 15) is 0 Å². The molecule has 0 N–H and O–H groups in total. The summed E-state index contributed by atoms with van der Waals surface area (Å²) in [5, 5.41) is 0. The quantitative estimate of drug-likeness (QED) is 0.324. The molecule has 0 unspecified atom stereocenters. The minimum Gasteiger partial charge on any atom is -0.489 e. The lowest BCUT2D eigenvalue weighted by Gasteiger charge is -2.07. The van der Waals surface area contributed by atoms with Crippen molar-refractivity contribution < 1.29 is 4.74 Å². The van der Waals surface area contributed by atoms with E-state index in [0.29, 0.717) is 6.61 Å². The first-order chi connectivity index (χ1) is 10.4. The molecule has 0 heterocycles. The number of rotatable bonds is 8. The molecule has 0 spiro atoms. The second-order valence-electron chi connectivity index (χ2n) is 4.91. The molecule has 0 aliphatic rings. The van der Waals surface area contributed by atoms with Crippen molar-refractivity contribution in [2.75, 3.05) is 4.43 Å². The number of aryl methyl sites for hydroxylation is 1. The summed E-state index contributed by atoms with van der Waals surface area (Å²) in [6, 6.07) is 18.7. The van der Waals surface area contributed by atoms with E-state index < -0.39 is 0 Å². The fraction of sp³-hybridized carbons (Fsp3) is 0.263. The van der Waals surface area contributed by atoms with Gasteiger partial charge in [0.25, 0.3) is 0 Å². The number of halogens is 1. The first kappa shape index (κ1) is 16.1. The Morgan fingerprint density at radius 3 is 2.24 bits per heavy atom. The average Bonchev–Trinajstić information content (AvgIpc) is 2.55. The van der Waals surface area contributed by atoms with Crippen LogP contribution in [0.3, 0.4) is 0 Å². The zero-order valence-corrected chi connectivity index (χ0v) is 14.3. The zero-order valence-electron chi connectivity index (χ0n) is 12.2. The Kier molecular flexibility index (Phi) is 7.36. The monoisotopic (exact) mass is 392 g/mol. The van der Waals surface area contributed by atoms with Crippen LogP contribution < -0.4 is 4.74 Å². The van der Waals surface area contributed by atoms with Crippen molar-refractivity contribution in [3.8, 4) is 5.75 Å². The lowest BCUT2D eigenvalue weighted by Crippen LogP contribution is -1.95. The third-order valence-electron chi connectivity index (χ3n) is 3.21.